The molecule has 0 atom stereocenters. The molecule has 0 aliphatic rings. The predicted octanol–water partition coefficient (Wildman–Crippen LogP) is 5.63. The van der Waals surface area contributed by atoms with E-state index in [1.165, 1.54) is 21.9 Å². The Bertz CT molecular complexity index is 711. The third kappa shape index (κ3) is 4.44. The van der Waals surface area contributed by atoms with E-state index in [9.17, 15) is 4.79 Å². The molecule has 0 aliphatic heterocycles. The van der Waals surface area contributed by atoms with Crippen LogP contribution in [0.25, 0.3) is 10.8 Å². The summed E-state index contributed by atoms with van der Waals surface area (Å²) in [5, 5.41) is 2.53. The number of carbonyl (C=O) groups is 1. The van der Waals surface area contributed by atoms with Crippen LogP contribution in [0.3, 0.4) is 0 Å². The van der Waals surface area contributed by atoms with E-state index < -0.39 is 8.32 Å². The summed E-state index contributed by atoms with van der Waals surface area (Å²) in [6.45, 7) is 12.8. The predicted molar refractivity (Wildman–Crippen MR) is 100 cm³/mol. The molecule has 0 bridgehead atoms. The lowest BCUT2D eigenvalue weighted by atomic mass is 10.0. The summed E-state index contributed by atoms with van der Waals surface area (Å²) in [6.07, 6.45) is 1.18. The summed E-state index contributed by atoms with van der Waals surface area (Å²) in [5.74, 6) is -0.0689. The van der Waals surface area contributed by atoms with E-state index in [4.69, 9.17) is 4.43 Å². The summed E-state index contributed by atoms with van der Waals surface area (Å²) in [6, 6.07) is 12.9. The van der Waals surface area contributed by atoms with Gasteiger partial charge in [-0.05, 0) is 47.8 Å². The van der Waals surface area contributed by atoms with Crippen LogP contribution < -0.4 is 0 Å². The van der Waals surface area contributed by atoms with Crippen molar-refractivity contribution in [1.82, 2.24) is 0 Å². The van der Waals surface area contributed by atoms with Crippen molar-refractivity contribution >= 4 is 25.1 Å². The van der Waals surface area contributed by atoms with Gasteiger partial charge in [0.2, 0.25) is 0 Å². The minimum Gasteiger partial charge on any atom is -0.519 e. The van der Waals surface area contributed by atoms with Gasteiger partial charge in [-0.2, -0.15) is 0 Å². The van der Waals surface area contributed by atoms with E-state index in [-0.39, 0.29) is 11.0 Å². The first-order chi connectivity index (χ1) is 10.6. The highest BCUT2D eigenvalue weighted by molar-refractivity contribution is 6.75. The highest BCUT2D eigenvalue weighted by Gasteiger charge is 2.40. The number of fused-ring (bicyclic) bond motifs is 1. The molecule has 0 saturated carbocycles. The molecule has 23 heavy (non-hydrogen) atoms. The zero-order valence-electron chi connectivity index (χ0n) is 15.2. The quantitative estimate of drug-likeness (QED) is 0.680. The second kappa shape index (κ2) is 6.48. The normalized spacial score (nSPS) is 12.4. The van der Waals surface area contributed by atoms with Crippen molar-refractivity contribution in [2.24, 2.45) is 0 Å². The molecule has 2 rings (SSSR count). The van der Waals surface area contributed by atoms with Gasteiger partial charge in [-0.1, -0.05) is 62.7 Å². The van der Waals surface area contributed by atoms with Crippen LogP contribution in [0, 0.1) is 6.92 Å². The molecule has 0 saturated heterocycles. The topological polar surface area (TPSA) is 26.3 Å². The maximum absolute atomic E-state index is 12.2. The fourth-order valence-corrected chi connectivity index (χ4v) is 3.28. The third-order valence-corrected chi connectivity index (χ3v) is 9.20. The molecule has 0 N–H and O–H groups in total. The van der Waals surface area contributed by atoms with Crippen molar-refractivity contribution in [1.29, 1.82) is 0 Å². The number of rotatable bonds is 4. The van der Waals surface area contributed by atoms with Crippen molar-refractivity contribution in [2.75, 3.05) is 0 Å². The zero-order valence-corrected chi connectivity index (χ0v) is 16.2. The first-order valence-corrected chi connectivity index (χ1v) is 11.2. The van der Waals surface area contributed by atoms with Crippen LogP contribution in [-0.2, 0) is 15.6 Å². The van der Waals surface area contributed by atoms with E-state index in [2.05, 4.69) is 77.2 Å². The van der Waals surface area contributed by atoms with Crippen LogP contribution in [0.4, 0.5) is 0 Å². The molecule has 3 heteroatoms. The van der Waals surface area contributed by atoms with Crippen LogP contribution in [-0.4, -0.2) is 14.3 Å². The summed E-state index contributed by atoms with van der Waals surface area (Å²) in [7, 11) is -2.01. The molecule has 0 aromatic heterocycles. The minimum atomic E-state index is -2.01. The molecule has 0 radical (unpaired) electrons. The Morgan fingerprint density at radius 3 is 2.30 bits per heavy atom. The van der Waals surface area contributed by atoms with Gasteiger partial charge < -0.3 is 4.43 Å². The maximum atomic E-state index is 12.2. The Morgan fingerprint density at radius 1 is 1.04 bits per heavy atom. The standard InChI is InChI=1S/C20H28O2Si/c1-15-7-10-18-14-16(8-11-17(18)13-15)9-12-19(21)22-23(5,6)20(2,3)4/h7-8,10-11,13-14H,9,12H2,1-6H3. The lowest BCUT2D eigenvalue weighted by molar-refractivity contribution is -0.135. The lowest BCUT2D eigenvalue weighted by Crippen LogP contribution is -2.42. The summed E-state index contributed by atoms with van der Waals surface area (Å²) >= 11 is 0. The van der Waals surface area contributed by atoms with Gasteiger partial charge in [0.25, 0.3) is 14.3 Å². The van der Waals surface area contributed by atoms with Gasteiger partial charge in [0.05, 0.1) is 0 Å². The molecular weight excluding hydrogens is 300 g/mol. The van der Waals surface area contributed by atoms with Gasteiger partial charge in [-0.25, -0.2) is 0 Å². The second-order valence-electron chi connectivity index (χ2n) is 7.92. The van der Waals surface area contributed by atoms with Crippen molar-refractivity contribution in [3.8, 4) is 0 Å². The SMILES string of the molecule is Cc1ccc2cc(CCC(=O)O[Si](C)(C)C(C)(C)C)ccc2c1. The molecule has 0 amide bonds. The van der Waals surface area contributed by atoms with Crippen LogP contribution in [0.5, 0.6) is 0 Å². The van der Waals surface area contributed by atoms with E-state index in [0.717, 1.165) is 6.42 Å². The molecule has 0 unspecified atom stereocenters. The number of hydrogen-bond acceptors (Lipinski definition) is 2. The fraction of sp³-hybridized carbons (Fsp3) is 0.450. The molecule has 0 aliphatic carbocycles. The number of aryl methyl sites for hydroxylation is 2. The van der Waals surface area contributed by atoms with E-state index in [1.54, 1.807) is 0 Å². The number of benzene rings is 2. The smallest absolute Gasteiger partial charge is 0.292 e. The summed E-state index contributed by atoms with van der Waals surface area (Å²) in [5.41, 5.74) is 2.46. The van der Waals surface area contributed by atoms with Crippen molar-refractivity contribution < 1.29 is 9.22 Å². The zero-order chi connectivity index (χ0) is 17.3. The Morgan fingerprint density at radius 2 is 1.65 bits per heavy atom. The van der Waals surface area contributed by atoms with Gasteiger partial charge in [0, 0.05) is 6.42 Å². The van der Waals surface area contributed by atoms with Crippen LogP contribution in [0.2, 0.25) is 18.1 Å². The second-order valence-corrected chi connectivity index (χ2v) is 12.6. The van der Waals surface area contributed by atoms with Gasteiger partial charge in [0.15, 0.2) is 0 Å². The van der Waals surface area contributed by atoms with Crippen molar-refractivity contribution in [2.45, 2.75) is 58.7 Å². The van der Waals surface area contributed by atoms with Crippen LogP contribution >= 0.6 is 0 Å². The molecule has 0 fully saturated rings. The van der Waals surface area contributed by atoms with E-state index >= 15 is 0 Å². The number of carbonyl (C=O) groups excluding carboxylic acids is 1. The molecule has 2 aromatic rings. The van der Waals surface area contributed by atoms with Gasteiger partial charge in [-0.3, -0.25) is 4.79 Å². The molecule has 124 valence electrons. The average Bonchev–Trinajstić information content (AvgIpc) is 2.43. The molecule has 0 heterocycles. The van der Waals surface area contributed by atoms with Gasteiger partial charge in [0.1, 0.15) is 0 Å². The van der Waals surface area contributed by atoms with Crippen LogP contribution in [0.15, 0.2) is 36.4 Å². The first kappa shape index (κ1) is 17.7. The first-order valence-electron chi connectivity index (χ1n) is 8.30. The largest absolute Gasteiger partial charge is 0.519 e. The lowest BCUT2D eigenvalue weighted by Gasteiger charge is -2.35. The summed E-state index contributed by atoms with van der Waals surface area (Å²) < 4.78 is 5.83. The average molecular weight is 329 g/mol. The highest BCUT2D eigenvalue weighted by Crippen LogP contribution is 2.36. The van der Waals surface area contributed by atoms with E-state index in [1.807, 2.05) is 0 Å². The highest BCUT2D eigenvalue weighted by atomic mass is 28.4. The van der Waals surface area contributed by atoms with Crippen LogP contribution in [0.1, 0.15) is 38.3 Å². The fourth-order valence-electron chi connectivity index (χ4n) is 2.31. The number of hydrogen-bond donors (Lipinski definition) is 0. The minimum absolute atomic E-state index is 0.0590. The van der Waals surface area contributed by atoms with Crippen molar-refractivity contribution in [3.63, 3.8) is 0 Å². The third-order valence-electron chi connectivity index (χ3n) is 4.85. The Balaban J connectivity index is 2.01. The summed E-state index contributed by atoms with van der Waals surface area (Å²) in [4.78, 5) is 12.2. The monoisotopic (exact) mass is 328 g/mol. The van der Waals surface area contributed by atoms with Gasteiger partial charge in [-0.15, -0.1) is 0 Å². The Hall–Kier alpha value is -1.61. The Labute approximate surface area is 141 Å². The van der Waals surface area contributed by atoms with Crippen molar-refractivity contribution in [3.05, 3.63) is 47.5 Å². The molecule has 2 nitrogen and oxygen atoms in total. The maximum Gasteiger partial charge on any atom is 0.292 e. The Kier molecular flexibility index (Phi) is 5.00. The molecular formula is C20H28O2Si. The molecule has 2 aromatic carbocycles. The van der Waals surface area contributed by atoms with Gasteiger partial charge >= 0.3 is 0 Å². The molecule has 0 spiro atoms. The van der Waals surface area contributed by atoms with E-state index in [0.29, 0.717) is 6.42 Å².